The number of carboxylic acids is 1. The Morgan fingerprint density at radius 2 is 1.55 bits per heavy atom. The maximum Gasteiger partial charge on any atom is 0.335 e. The normalized spacial score (nSPS) is 10.6. The molecule has 1 N–H and O–H groups in total. The van der Waals surface area contributed by atoms with E-state index in [0.717, 1.165) is 11.1 Å². The van der Waals surface area contributed by atoms with Gasteiger partial charge in [0.15, 0.2) is 0 Å². The van der Waals surface area contributed by atoms with Crippen LogP contribution in [0.5, 0.6) is 0 Å². The standard InChI is InChI=1S/C18H14O2/c19-18(20)17-8-4-3-7-16(17)12-13-9-10-14-5-1-2-6-15(14)11-13/h1-11H,12H2,(H,19,20). The van der Waals surface area contributed by atoms with Gasteiger partial charge in [0.05, 0.1) is 5.56 Å². The van der Waals surface area contributed by atoms with Gasteiger partial charge in [-0.25, -0.2) is 4.79 Å². The van der Waals surface area contributed by atoms with Crippen molar-refractivity contribution in [1.29, 1.82) is 0 Å². The number of aromatic carboxylic acids is 1. The van der Waals surface area contributed by atoms with Crippen LogP contribution in [0.1, 0.15) is 21.5 Å². The zero-order valence-corrected chi connectivity index (χ0v) is 10.9. The summed E-state index contributed by atoms with van der Waals surface area (Å²) in [5, 5.41) is 11.6. The van der Waals surface area contributed by atoms with Gasteiger partial charge in [-0.3, -0.25) is 0 Å². The fraction of sp³-hybridized carbons (Fsp3) is 0.0556. The first kappa shape index (κ1) is 12.4. The van der Waals surface area contributed by atoms with Gasteiger partial charge in [-0.2, -0.15) is 0 Å². The molecular formula is C18H14O2. The quantitative estimate of drug-likeness (QED) is 0.770. The summed E-state index contributed by atoms with van der Waals surface area (Å²) in [5.41, 5.74) is 2.34. The largest absolute Gasteiger partial charge is 0.478 e. The Bertz CT molecular complexity index is 775. The van der Waals surface area contributed by atoms with Crippen LogP contribution in [-0.4, -0.2) is 11.1 Å². The number of fused-ring (bicyclic) bond motifs is 1. The second-order valence-corrected chi connectivity index (χ2v) is 4.82. The van der Waals surface area contributed by atoms with Crippen molar-refractivity contribution in [3.63, 3.8) is 0 Å². The lowest BCUT2D eigenvalue weighted by Gasteiger charge is -2.07. The van der Waals surface area contributed by atoms with Gasteiger partial charge in [-0.15, -0.1) is 0 Å². The SMILES string of the molecule is O=C(O)c1ccccc1Cc1ccc2ccccc2c1. The van der Waals surface area contributed by atoms with E-state index in [4.69, 9.17) is 0 Å². The molecule has 0 aromatic heterocycles. The lowest BCUT2D eigenvalue weighted by Crippen LogP contribution is -2.02. The summed E-state index contributed by atoms with van der Waals surface area (Å²) in [6.45, 7) is 0. The monoisotopic (exact) mass is 262 g/mol. The van der Waals surface area contributed by atoms with Gasteiger partial charge in [0.2, 0.25) is 0 Å². The molecule has 0 heterocycles. The predicted molar refractivity (Wildman–Crippen MR) is 80.2 cm³/mol. The molecule has 0 atom stereocenters. The van der Waals surface area contributed by atoms with Gasteiger partial charge in [-0.05, 0) is 34.4 Å². The second kappa shape index (κ2) is 5.17. The molecule has 98 valence electrons. The molecule has 0 amide bonds. The third kappa shape index (κ3) is 2.41. The highest BCUT2D eigenvalue weighted by Gasteiger charge is 2.09. The van der Waals surface area contributed by atoms with Gasteiger partial charge < -0.3 is 5.11 Å². The van der Waals surface area contributed by atoms with E-state index in [1.165, 1.54) is 10.8 Å². The smallest absolute Gasteiger partial charge is 0.335 e. The maximum absolute atomic E-state index is 11.2. The van der Waals surface area contributed by atoms with Crippen LogP contribution in [0.25, 0.3) is 10.8 Å². The highest BCUT2D eigenvalue weighted by atomic mass is 16.4. The average molecular weight is 262 g/mol. The van der Waals surface area contributed by atoms with Gasteiger partial charge in [0.1, 0.15) is 0 Å². The Balaban J connectivity index is 1.99. The minimum atomic E-state index is -0.874. The number of hydrogen-bond acceptors (Lipinski definition) is 1. The van der Waals surface area contributed by atoms with E-state index in [1.54, 1.807) is 12.1 Å². The van der Waals surface area contributed by atoms with Crippen molar-refractivity contribution in [2.75, 3.05) is 0 Å². The average Bonchev–Trinajstić information content (AvgIpc) is 2.47. The van der Waals surface area contributed by atoms with Crippen molar-refractivity contribution in [2.24, 2.45) is 0 Å². The zero-order valence-electron chi connectivity index (χ0n) is 10.9. The lowest BCUT2D eigenvalue weighted by molar-refractivity contribution is 0.0696. The summed E-state index contributed by atoms with van der Waals surface area (Å²) in [6.07, 6.45) is 0.632. The summed E-state index contributed by atoms with van der Waals surface area (Å²) in [5.74, 6) is -0.874. The van der Waals surface area contributed by atoms with Crippen molar-refractivity contribution in [3.8, 4) is 0 Å². The predicted octanol–water partition coefficient (Wildman–Crippen LogP) is 4.13. The van der Waals surface area contributed by atoms with E-state index in [2.05, 4.69) is 30.3 Å². The first-order valence-corrected chi connectivity index (χ1v) is 6.53. The molecule has 0 spiro atoms. The third-order valence-corrected chi connectivity index (χ3v) is 3.46. The third-order valence-electron chi connectivity index (χ3n) is 3.46. The summed E-state index contributed by atoms with van der Waals surface area (Å²) in [6, 6.07) is 21.6. The molecule has 3 aromatic rings. The van der Waals surface area contributed by atoms with Crippen molar-refractivity contribution in [3.05, 3.63) is 83.4 Å². The van der Waals surface area contributed by atoms with Gasteiger partial charge in [-0.1, -0.05) is 60.7 Å². The van der Waals surface area contributed by atoms with Crippen molar-refractivity contribution < 1.29 is 9.90 Å². The Morgan fingerprint density at radius 1 is 0.850 bits per heavy atom. The van der Waals surface area contributed by atoms with Gasteiger partial charge in [0.25, 0.3) is 0 Å². The molecule has 0 fully saturated rings. The molecule has 20 heavy (non-hydrogen) atoms. The van der Waals surface area contributed by atoms with E-state index in [1.807, 2.05) is 24.3 Å². The molecule has 0 aliphatic carbocycles. The second-order valence-electron chi connectivity index (χ2n) is 4.82. The Kier molecular flexibility index (Phi) is 3.21. The van der Waals surface area contributed by atoms with Crippen LogP contribution >= 0.6 is 0 Å². The van der Waals surface area contributed by atoms with E-state index in [0.29, 0.717) is 12.0 Å². The van der Waals surface area contributed by atoms with E-state index in [-0.39, 0.29) is 0 Å². The number of hydrogen-bond donors (Lipinski definition) is 1. The summed E-state index contributed by atoms with van der Waals surface area (Å²) in [7, 11) is 0. The van der Waals surface area contributed by atoms with Crippen LogP contribution < -0.4 is 0 Å². The van der Waals surface area contributed by atoms with Crippen LogP contribution in [-0.2, 0) is 6.42 Å². The molecule has 0 aliphatic rings. The number of benzene rings is 3. The number of carbonyl (C=O) groups is 1. The number of carboxylic acid groups (broad SMARTS) is 1. The van der Waals surface area contributed by atoms with E-state index in [9.17, 15) is 9.90 Å². The lowest BCUT2D eigenvalue weighted by atomic mass is 9.98. The minimum absolute atomic E-state index is 0.376. The fourth-order valence-corrected chi connectivity index (χ4v) is 2.45. The molecule has 3 aromatic carbocycles. The molecule has 2 heteroatoms. The Labute approximate surface area is 117 Å². The summed E-state index contributed by atoms with van der Waals surface area (Å²) >= 11 is 0. The van der Waals surface area contributed by atoms with Gasteiger partial charge in [0, 0.05) is 0 Å². The van der Waals surface area contributed by atoms with Crippen LogP contribution in [0.3, 0.4) is 0 Å². The molecule has 2 nitrogen and oxygen atoms in total. The first-order valence-electron chi connectivity index (χ1n) is 6.53. The summed E-state index contributed by atoms with van der Waals surface area (Å²) < 4.78 is 0. The Hall–Kier alpha value is -2.61. The topological polar surface area (TPSA) is 37.3 Å². The molecule has 0 saturated heterocycles. The minimum Gasteiger partial charge on any atom is -0.478 e. The molecule has 3 rings (SSSR count). The highest BCUT2D eigenvalue weighted by molar-refractivity contribution is 5.89. The van der Waals surface area contributed by atoms with Crippen LogP contribution in [0, 0.1) is 0 Å². The van der Waals surface area contributed by atoms with E-state index < -0.39 is 5.97 Å². The number of rotatable bonds is 3. The molecule has 0 unspecified atom stereocenters. The molecule has 0 bridgehead atoms. The highest BCUT2D eigenvalue weighted by Crippen LogP contribution is 2.19. The molecule has 0 aliphatic heterocycles. The zero-order chi connectivity index (χ0) is 13.9. The fourth-order valence-electron chi connectivity index (χ4n) is 2.45. The Morgan fingerprint density at radius 3 is 2.35 bits per heavy atom. The maximum atomic E-state index is 11.2. The van der Waals surface area contributed by atoms with E-state index >= 15 is 0 Å². The van der Waals surface area contributed by atoms with Crippen LogP contribution in [0.4, 0.5) is 0 Å². The molecular weight excluding hydrogens is 248 g/mol. The molecule has 0 radical (unpaired) electrons. The first-order chi connectivity index (χ1) is 9.74. The van der Waals surface area contributed by atoms with Crippen molar-refractivity contribution in [2.45, 2.75) is 6.42 Å². The van der Waals surface area contributed by atoms with Crippen LogP contribution in [0.15, 0.2) is 66.7 Å². The summed E-state index contributed by atoms with van der Waals surface area (Å²) in [4.78, 5) is 11.2. The van der Waals surface area contributed by atoms with Crippen molar-refractivity contribution in [1.82, 2.24) is 0 Å². The van der Waals surface area contributed by atoms with Gasteiger partial charge >= 0.3 is 5.97 Å². The van der Waals surface area contributed by atoms with Crippen molar-refractivity contribution >= 4 is 16.7 Å². The molecule has 0 saturated carbocycles. The van der Waals surface area contributed by atoms with Crippen LogP contribution in [0.2, 0.25) is 0 Å².